The fourth-order valence-corrected chi connectivity index (χ4v) is 2.66. The van der Waals surface area contributed by atoms with Crippen molar-refractivity contribution in [3.05, 3.63) is 51.0 Å². The van der Waals surface area contributed by atoms with Crippen molar-refractivity contribution in [3.63, 3.8) is 0 Å². The predicted octanol–water partition coefficient (Wildman–Crippen LogP) is 2.92. The molecule has 4 heteroatoms. The summed E-state index contributed by atoms with van der Waals surface area (Å²) in [6.45, 7) is 5.73. The lowest BCUT2D eigenvalue weighted by atomic mass is 10.1. The summed E-state index contributed by atoms with van der Waals surface area (Å²) >= 11 is 1.74. The molecule has 3 nitrogen and oxygen atoms in total. The number of nitrogens with zero attached hydrogens (tertiary/aromatic N) is 2. The number of thiazole rings is 1. The van der Waals surface area contributed by atoms with Gasteiger partial charge in [-0.1, -0.05) is 12.1 Å². The molecule has 0 unspecified atom stereocenters. The second-order valence-corrected chi connectivity index (χ2v) is 5.44. The normalized spacial score (nSPS) is 10.3. The SMILES string of the molecule is Cc1nc(C)c(CNCc2ccc(C#N)cc2)s1. The van der Waals surface area contributed by atoms with E-state index < -0.39 is 0 Å². The second kappa shape index (κ2) is 5.76. The van der Waals surface area contributed by atoms with Crippen LogP contribution in [0.25, 0.3) is 0 Å². The molecule has 0 bridgehead atoms. The average molecular weight is 257 g/mol. The number of rotatable bonds is 4. The molecule has 0 radical (unpaired) electrons. The lowest BCUT2D eigenvalue weighted by Gasteiger charge is -2.04. The second-order valence-electron chi connectivity index (χ2n) is 4.15. The monoisotopic (exact) mass is 257 g/mol. The molecule has 0 saturated heterocycles. The van der Waals surface area contributed by atoms with E-state index in [1.165, 1.54) is 10.4 Å². The maximum absolute atomic E-state index is 8.71. The molecular formula is C14H15N3S. The molecule has 0 aliphatic carbocycles. The summed E-state index contributed by atoms with van der Waals surface area (Å²) in [7, 11) is 0. The Morgan fingerprint density at radius 1 is 1.22 bits per heavy atom. The van der Waals surface area contributed by atoms with Crippen LogP contribution in [0.4, 0.5) is 0 Å². The molecule has 2 aromatic rings. The Kier molecular flexibility index (Phi) is 4.08. The third-order valence-electron chi connectivity index (χ3n) is 2.70. The molecule has 18 heavy (non-hydrogen) atoms. The quantitative estimate of drug-likeness (QED) is 0.916. The fraction of sp³-hybridized carbons (Fsp3) is 0.286. The van der Waals surface area contributed by atoms with E-state index >= 15 is 0 Å². The molecule has 1 N–H and O–H groups in total. The van der Waals surface area contributed by atoms with Crippen LogP contribution >= 0.6 is 11.3 Å². The smallest absolute Gasteiger partial charge is 0.0991 e. The first-order chi connectivity index (χ1) is 8.69. The Bertz CT molecular complexity index is 564. The molecule has 0 atom stereocenters. The van der Waals surface area contributed by atoms with E-state index in [0.717, 1.165) is 23.8 Å². The molecule has 0 aliphatic rings. The van der Waals surface area contributed by atoms with E-state index in [2.05, 4.69) is 16.4 Å². The molecular weight excluding hydrogens is 242 g/mol. The van der Waals surface area contributed by atoms with Gasteiger partial charge in [0.2, 0.25) is 0 Å². The lowest BCUT2D eigenvalue weighted by molar-refractivity contribution is 0.697. The molecule has 1 heterocycles. The zero-order valence-electron chi connectivity index (χ0n) is 10.5. The van der Waals surface area contributed by atoms with Gasteiger partial charge in [0.25, 0.3) is 0 Å². The van der Waals surface area contributed by atoms with Crippen molar-refractivity contribution in [1.82, 2.24) is 10.3 Å². The lowest BCUT2D eigenvalue weighted by Crippen LogP contribution is -2.12. The first kappa shape index (κ1) is 12.7. The summed E-state index contributed by atoms with van der Waals surface area (Å²) in [4.78, 5) is 5.69. The standard InChI is InChI=1S/C14H15N3S/c1-10-14(18-11(2)17-10)9-16-8-13-5-3-12(7-15)4-6-13/h3-6,16H,8-9H2,1-2H3. The molecule has 1 aromatic heterocycles. The van der Waals surface area contributed by atoms with Gasteiger partial charge in [0.1, 0.15) is 0 Å². The minimum atomic E-state index is 0.702. The number of nitrogens with one attached hydrogen (secondary N) is 1. The van der Waals surface area contributed by atoms with Gasteiger partial charge in [-0.25, -0.2) is 4.98 Å². The minimum Gasteiger partial charge on any atom is -0.308 e. The fourth-order valence-electron chi connectivity index (χ4n) is 1.75. The summed E-state index contributed by atoms with van der Waals surface area (Å²) in [5.41, 5.74) is 3.00. The van der Waals surface area contributed by atoms with Gasteiger partial charge in [-0.05, 0) is 31.5 Å². The van der Waals surface area contributed by atoms with Crippen LogP contribution in [0.3, 0.4) is 0 Å². The maximum atomic E-state index is 8.71. The van der Waals surface area contributed by atoms with Gasteiger partial charge in [0, 0.05) is 18.0 Å². The molecule has 0 amide bonds. The van der Waals surface area contributed by atoms with E-state index in [-0.39, 0.29) is 0 Å². The Hall–Kier alpha value is -1.70. The first-order valence-corrected chi connectivity index (χ1v) is 6.63. The highest BCUT2D eigenvalue weighted by Gasteiger charge is 2.03. The maximum Gasteiger partial charge on any atom is 0.0991 e. The largest absolute Gasteiger partial charge is 0.308 e. The van der Waals surface area contributed by atoms with Crippen molar-refractivity contribution < 1.29 is 0 Å². The van der Waals surface area contributed by atoms with Crippen molar-refractivity contribution >= 4 is 11.3 Å². The van der Waals surface area contributed by atoms with Crippen LogP contribution in [0.2, 0.25) is 0 Å². The van der Waals surface area contributed by atoms with Crippen LogP contribution in [0, 0.1) is 25.2 Å². The number of benzene rings is 1. The molecule has 0 aliphatic heterocycles. The summed E-state index contributed by atoms with van der Waals surface area (Å²) < 4.78 is 0. The molecule has 1 aromatic carbocycles. The van der Waals surface area contributed by atoms with Crippen LogP contribution in [0.15, 0.2) is 24.3 Å². The zero-order chi connectivity index (χ0) is 13.0. The third-order valence-corrected chi connectivity index (χ3v) is 3.77. The summed E-state index contributed by atoms with van der Waals surface area (Å²) in [5.74, 6) is 0. The molecule has 0 fully saturated rings. The van der Waals surface area contributed by atoms with Crippen molar-refractivity contribution in [2.24, 2.45) is 0 Å². The highest BCUT2D eigenvalue weighted by atomic mass is 32.1. The minimum absolute atomic E-state index is 0.702. The Balaban J connectivity index is 1.88. The molecule has 0 saturated carbocycles. The molecule has 0 spiro atoms. The van der Waals surface area contributed by atoms with Crippen molar-refractivity contribution in [2.45, 2.75) is 26.9 Å². The van der Waals surface area contributed by atoms with Crippen molar-refractivity contribution in [3.8, 4) is 6.07 Å². The van der Waals surface area contributed by atoms with E-state index in [1.54, 1.807) is 11.3 Å². The van der Waals surface area contributed by atoms with E-state index in [0.29, 0.717) is 5.56 Å². The van der Waals surface area contributed by atoms with Gasteiger partial charge in [-0.2, -0.15) is 5.26 Å². The van der Waals surface area contributed by atoms with Gasteiger partial charge >= 0.3 is 0 Å². The number of hydrogen-bond acceptors (Lipinski definition) is 4. The summed E-state index contributed by atoms with van der Waals surface area (Å²) in [5, 5.41) is 13.2. The van der Waals surface area contributed by atoms with Crippen LogP contribution in [-0.2, 0) is 13.1 Å². The van der Waals surface area contributed by atoms with Gasteiger partial charge in [0.05, 0.1) is 22.3 Å². The predicted molar refractivity (Wildman–Crippen MR) is 73.3 cm³/mol. The van der Waals surface area contributed by atoms with Crippen molar-refractivity contribution in [1.29, 1.82) is 5.26 Å². The van der Waals surface area contributed by atoms with Crippen molar-refractivity contribution in [2.75, 3.05) is 0 Å². The number of aryl methyl sites for hydroxylation is 2. The summed E-state index contributed by atoms with van der Waals surface area (Å²) in [6.07, 6.45) is 0. The number of hydrogen-bond donors (Lipinski definition) is 1. The van der Waals surface area contributed by atoms with Gasteiger partial charge in [-0.3, -0.25) is 0 Å². The summed E-state index contributed by atoms with van der Waals surface area (Å²) in [6, 6.07) is 9.78. The number of aromatic nitrogens is 1. The van der Waals surface area contributed by atoms with Crippen LogP contribution < -0.4 is 5.32 Å². The zero-order valence-corrected chi connectivity index (χ0v) is 11.3. The Morgan fingerprint density at radius 2 is 1.94 bits per heavy atom. The molecule has 2 rings (SSSR count). The third kappa shape index (κ3) is 3.16. The Morgan fingerprint density at radius 3 is 2.50 bits per heavy atom. The number of nitriles is 1. The average Bonchev–Trinajstić information content (AvgIpc) is 2.69. The van der Waals surface area contributed by atoms with Gasteiger partial charge in [-0.15, -0.1) is 11.3 Å². The first-order valence-electron chi connectivity index (χ1n) is 5.81. The van der Waals surface area contributed by atoms with Crippen LogP contribution in [0.1, 0.15) is 26.7 Å². The highest BCUT2D eigenvalue weighted by Crippen LogP contribution is 2.16. The van der Waals surface area contributed by atoms with E-state index in [4.69, 9.17) is 5.26 Å². The van der Waals surface area contributed by atoms with E-state index in [9.17, 15) is 0 Å². The van der Waals surface area contributed by atoms with Gasteiger partial charge in [0.15, 0.2) is 0 Å². The Labute approximate surface area is 111 Å². The van der Waals surface area contributed by atoms with Crippen LogP contribution in [0.5, 0.6) is 0 Å². The topological polar surface area (TPSA) is 48.7 Å². The molecule has 92 valence electrons. The van der Waals surface area contributed by atoms with E-state index in [1.807, 2.05) is 38.1 Å². The van der Waals surface area contributed by atoms with Gasteiger partial charge < -0.3 is 5.32 Å². The highest BCUT2D eigenvalue weighted by molar-refractivity contribution is 7.11. The van der Waals surface area contributed by atoms with Crippen LogP contribution in [-0.4, -0.2) is 4.98 Å².